The first kappa shape index (κ1) is 16.9. The molecule has 0 aliphatic carbocycles. The highest BCUT2D eigenvalue weighted by Crippen LogP contribution is 2.18. The molecule has 0 aliphatic rings. The first-order valence-electron chi connectivity index (χ1n) is 8.85. The number of imidazole rings is 1. The van der Waals surface area contributed by atoms with Crippen LogP contribution in [0.15, 0.2) is 73.2 Å². The summed E-state index contributed by atoms with van der Waals surface area (Å²) in [4.78, 5) is 28.0. The van der Waals surface area contributed by atoms with Crippen molar-refractivity contribution in [3.63, 3.8) is 0 Å². The van der Waals surface area contributed by atoms with Crippen LogP contribution < -0.4 is 4.90 Å². The molecule has 6 heteroatoms. The van der Waals surface area contributed by atoms with E-state index in [9.17, 15) is 4.79 Å². The number of carbonyl (C=O) groups is 1. The predicted octanol–water partition coefficient (Wildman–Crippen LogP) is 3.55. The molecular weight excluding hydrogens is 338 g/mol. The van der Waals surface area contributed by atoms with Crippen LogP contribution in [0.3, 0.4) is 0 Å². The SMILES string of the molecule is CCN(C(=O)Cn1cnc2cnc(-c3ccccc3)nc21)c1ccccc1. The Morgan fingerprint density at radius 2 is 1.70 bits per heavy atom. The number of carbonyl (C=O) groups excluding carboxylic acids is 1. The lowest BCUT2D eigenvalue weighted by Crippen LogP contribution is -2.33. The molecule has 0 unspecified atom stereocenters. The highest BCUT2D eigenvalue weighted by molar-refractivity contribution is 5.93. The Hall–Kier alpha value is -3.54. The largest absolute Gasteiger partial charge is 0.311 e. The van der Waals surface area contributed by atoms with Gasteiger partial charge in [-0.1, -0.05) is 48.5 Å². The van der Waals surface area contributed by atoms with E-state index in [-0.39, 0.29) is 12.5 Å². The fraction of sp³-hybridized carbons (Fsp3) is 0.143. The molecule has 4 aromatic rings. The third-order valence-electron chi connectivity index (χ3n) is 4.38. The molecule has 0 spiro atoms. The second-order valence-electron chi connectivity index (χ2n) is 6.11. The van der Waals surface area contributed by atoms with Crippen molar-refractivity contribution in [3.05, 3.63) is 73.2 Å². The summed E-state index contributed by atoms with van der Waals surface area (Å²) in [7, 11) is 0. The predicted molar refractivity (Wildman–Crippen MR) is 105 cm³/mol. The van der Waals surface area contributed by atoms with Gasteiger partial charge in [-0.3, -0.25) is 4.79 Å². The van der Waals surface area contributed by atoms with Gasteiger partial charge in [0.2, 0.25) is 5.91 Å². The topological polar surface area (TPSA) is 63.9 Å². The molecule has 0 N–H and O–H groups in total. The van der Waals surface area contributed by atoms with Crippen LogP contribution >= 0.6 is 0 Å². The van der Waals surface area contributed by atoms with Crippen molar-refractivity contribution in [2.24, 2.45) is 0 Å². The summed E-state index contributed by atoms with van der Waals surface area (Å²) < 4.78 is 1.78. The van der Waals surface area contributed by atoms with E-state index in [0.717, 1.165) is 11.3 Å². The van der Waals surface area contributed by atoms with Gasteiger partial charge in [-0.05, 0) is 19.1 Å². The Morgan fingerprint density at radius 3 is 2.41 bits per heavy atom. The third kappa shape index (κ3) is 3.42. The van der Waals surface area contributed by atoms with Gasteiger partial charge < -0.3 is 9.47 Å². The Kier molecular flexibility index (Phi) is 4.61. The molecule has 0 bridgehead atoms. The van der Waals surface area contributed by atoms with Crippen LogP contribution in [-0.2, 0) is 11.3 Å². The van der Waals surface area contributed by atoms with Gasteiger partial charge in [-0.2, -0.15) is 0 Å². The molecule has 1 amide bonds. The summed E-state index contributed by atoms with van der Waals surface area (Å²) >= 11 is 0. The summed E-state index contributed by atoms with van der Waals surface area (Å²) in [5.74, 6) is 0.607. The zero-order valence-electron chi connectivity index (χ0n) is 15.0. The number of hydrogen-bond acceptors (Lipinski definition) is 4. The minimum atomic E-state index is -0.0112. The van der Waals surface area contributed by atoms with Crippen molar-refractivity contribution < 1.29 is 4.79 Å². The van der Waals surface area contributed by atoms with Gasteiger partial charge in [0.05, 0.1) is 12.5 Å². The van der Waals surface area contributed by atoms with Crippen LogP contribution in [0.2, 0.25) is 0 Å². The van der Waals surface area contributed by atoms with Gasteiger partial charge in [0.25, 0.3) is 0 Å². The number of fused-ring (bicyclic) bond motifs is 1. The molecule has 0 saturated heterocycles. The molecule has 0 fully saturated rings. The smallest absolute Gasteiger partial charge is 0.247 e. The molecular formula is C21H19N5O. The maximum atomic E-state index is 12.9. The average molecular weight is 357 g/mol. The standard InChI is InChI=1S/C21H19N5O/c1-2-26(17-11-7-4-8-12-17)19(27)14-25-15-23-18-13-22-20(24-21(18)25)16-9-5-3-6-10-16/h3-13,15H,2,14H2,1H3. The van der Waals surface area contributed by atoms with Crippen LogP contribution in [0.25, 0.3) is 22.6 Å². The van der Waals surface area contributed by atoms with Crippen LogP contribution in [0, 0.1) is 0 Å². The highest BCUT2D eigenvalue weighted by atomic mass is 16.2. The lowest BCUT2D eigenvalue weighted by Gasteiger charge is -2.21. The third-order valence-corrected chi connectivity index (χ3v) is 4.38. The zero-order chi connectivity index (χ0) is 18.6. The van der Waals surface area contributed by atoms with Crippen molar-refractivity contribution in [2.75, 3.05) is 11.4 Å². The summed E-state index contributed by atoms with van der Waals surface area (Å²) in [6.45, 7) is 2.73. The molecule has 2 aromatic carbocycles. The zero-order valence-corrected chi connectivity index (χ0v) is 15.0. The second kappa shape index (κ2) is 7.37. The molecule has 0 radical (unpaired) electrons. The fourth-order valence-electron chi connectivity index (χ4n) is 3.04. The molecule has 134 valence electrons. The van der Waals surface area contributed by atoms with Gasteiger partial charge in [-0.25, -0.2) is 15.0 Å². The quantitative estimate of drug-likeness (QED) is 0.548. The van der Waals surface area contributed by atoms with E-state index in [4.69, 9.17) is 0 Å². The van der Waals surface area contributed by atoms with E-state index >= 15 is 0 Å². The number of nitrogens with zero attached hydrogens (tertiary/aromatic N) is 5. The maximum absolute atomic E-state index is 12.9. The van der Waals surface area contributed by atoms with E-state index in [0.29, 0.717) is 23.5 Å². The Labute approximate surface area is 157 Å². The lowest BCUT2D eigenvalue weighted by atomic mass is 10.2. The van der Waals surface area contributed by atoms with Gasteiger partial charge in [0.1, 0.15) is 12.1 Å². The van der Waals surface area contributed by atoms with Crippen LogP contribution in [0.4, 0.5) is 5.69 Å². The number of benzene rings is 2. The number of rotatable bonds is 5. The maximum Gasteiger partial charge on any atom is 0.247 e. The Balaban J connectivity index is 1.64. The number of aromatic nitrogens is 4. The van der Waals surface area contributed by atoms with Crippen LogP contribution in [-0.4, -0.2) is 32.0 Å². The Morgan fingerprint density at radius 1 is 1.00 bits per heavy atom. The van der Waals surface area contributed by atoms with Crippen molar-refractivity contribution in [1.82, 2.24) is 19.5 Å². The van der Waals surface area contributed by atoms with Gasteiger partial charge in [0.15, 0.2) is 11.5 Å². The van der Waals surface area contributed by atoms with E-state index in [1.54, 1.807) is 22.0 Å². The van der Waals surface area contributed by atoms with Crippen molar-refractivity contribution in [1.29, 1.82) is 0 Å². The average Bonchev–Trinajstić information content (AvgIpc) is 3.12. The fourth-order valence-corrected chi connectivity index (χ4v) is 3.04. The summed E-state index contributed by atoms with van der Waals surface area (Å²) in [6, 6.07) is 19.4. The number of para-hydroxylation sites is 1. The van der Waals surface area contributed by atoms with Gasteiger partial charge >= 0.3 is 0 Å². The second-order valence-corrected chi connectivity index (χ2v) is 6.11. The Bertz CT molecular complexity index is 1060. The summed E-state index contributed by atoms with van der Waals surface area (Å²) in [6.07, 6.45) is 3.34. The number of amides is 1. The first-order valence-corrected chi connectivity index (χ1v) is 8.85. The molecule has 0 aliphatic heterocycles. The van der Waals surface area contributed by atoms with Crippen molar-refractivity contribution in [3.8, 4) is 11.4 Å². The molecule has 27 heavy (non-hydrogen) atoms. The molecule has 2 aromatic heterocycles. The van der Waals surface area contributed by atoms with Crippen LogP contribution in [0.1, 0.15) is 6.92 Å². The summed E-state index contributed by atoms with van der Waals surface area (Å²) in [5, 5.41) is 0. The van der Waals surface area contributed by atoms with E-state index in [1.165, 1.54) is 0 Å². The molecule has 0 saturated carbocycles. The normalized spacial score (nSPS) is 10.9. The van der Waals surface area contributed by atoms with Crippen molar-refractivity contribution >= 4 is 22.8 Å². The highest BCUT2D eigenvalue weighted by Gasteiger charge is 2.16. The van der Waals surface area contributed by atoms with E-state index < -0.39 is 0 Å². The van der Waals surface area contributed by atoms with E-state index in [1.807, 2.05) is 67.6 Å². The lowest BCUT2D eigenvalue weighted by molar-refractivity contribution is -0.119. The van der Waals surface area contributed by atoms with Crippen LogP contribution in [0.5, 0.6) is 0 Å². The van der Waals surface area contributed by atoms with Crippen molar-refractivity contribution in [2.45, 2.75) is 13.5 Å². The molecule has 6 nitrogen and oxygen atoms in total. The molecule has 4 rings (SSSR count). The minimum absolute atomic E-state index is 0.0112. The molecule has 0 atom stereocenters. The van der Waals surface area contributed by atoms with Gasteiger partial charge in [0, 0.05) is 17.8 Å². The van der Waals surface area contributed by atoms with Gasteiger partial charge in [-0.15, -0.1) is 0 Å². The first-order chi connectivity index (χ1) is 13.3. The summed E-state index contributed by atoms with van der Waals surface area (Å²) in [5.41, 5.74) is 3.14. The number of likely N-dealkylation sites (N-methyl/N-ethyl adjacent to an activating group) is 1. The number of hydrogen-bond donors (Lipinski definition) is 0. The van der Waals surface area contributed by atoms with E-state index in [2.05, 4.69) is 15.0 Å². The monoisotopic (exact) mass is 357 g/mol. The number of anilines is 1. The molecule has 2 heterocycles. The minimum Gasteiger partial charge on any atom is -0.311 e.